The van der Waals surface area contributed by atoms with E-state index >= 15 is 0 Å². The van der Waals surface area contributed by atoms with Crippen LogP contribution in [0.3, 0.4) is 0 Å². The lowest BCUT2D eigenvalue weighted by atomic mass is 9.93. The highest BCUT2D eigenvalue weighted by atomic mass is 19.4. The van der Waals surface area contributed by atoms with Crippen molar-refractivity contribution in [2.45, 2.75) is 56.3 Å². The number of nitrogens with two attached hydrogens (primary N) is 1. The Balaban J connectivity index is 1.51. The van der Waals surface area contributed by atoms with Crippen molar-refractivity contribution in [2.24, 2.45) is 5.73 Å². The molecule has 0 aliphatic carbocycles. The number of aliphatic hydroxyl groups excluding tert-OH is 1. The van der Waals surface area contributed by atoms with Crippen molar-refractivity contribution in [1.29, 1.82) is 0 Å². The second-order valence-electron chi connectivity index (χ2n) is 8.68. The summed E-state index contributed by atoms with van der Waals surface area (Å²) < 4.78 is 55.3. The van der Waals surface area contributed by atoms with Gasteiger partial charge >= 0.3 is 6.18 Å². The highest BCUT2D eigenvalue weighted by Gasteiger charge is 2.46. The van der Waals surface area contributed by atoms with E-state index in [9.17, 15) is 32.3 Å². The van der Waals surface area contributed by atoms with Crippen LogP contribution in [0.1, 0.15) is 36.4 Å². The second kappa shape index (κ2) is 9.82. The zero-order valence-electron chi connectivity index (χ0n) is 18.5. The molecule has 0 radical (unpaired) electrons. The molecule has 0 bridgehead atoms. The van der Waals surface area contributed by atoms with E-state index in [1.165, 1.54) is 12.4 Å². The first kappa shape index (κ1) is 24.9. The van der Waals surface area contributed by atoms with Gasteiger partial charge in [0.25, 0.3) is 0 Å². The Hall–Kier alpha value is -3.19. The average molecular weight is 496 g/mol. The molecule has 35 heavy (non-hydrogen) atoms. The summed E-state index contributed by atoms with van der Waals surface area (Å²) in [6.07, 6.45) is -4.40. The van der Waals surface area contributed by atoms with Gasteiger partial charge in [-0.2, -0.15) is 13.2 Å². The van der Waals surface area contributed by atoms with Crippen LogP contribution in [-0.4, -0.2) is 79.4 Å². The van der Waals surface area contributed by atoms with Gasteiger partial charge in [-0.25, -0.2) is 14.4 Å². The largest absolute Gasteiger partial charge is 0.397 e. The number of halogens is 4. The highest BCUT2D eigenvalue weighted by molar-refractivity contribution is 5.79. The van der Waals surface area contributed by atoms with E-state index in [2.05, 4.69) is 15.0 Å². The third kappa shape index (κ3) is 5.40. The molecule has 2 aliphatic heterocycles. The zero-order chi connectivity index (χ0) is 25.3. The zero-order valence-corrected chi connectivity index (χ0v) is 18.5. The molecule has 2 aliphatic rings. The molecule has 13 heteroatoms. The molecule has 1 fully saturated rings. The molecule has 0 spiro atoms. The summed E-state index contributed by atoms with van der Waals surface area (Å²) in [6.45, 7) is -1.10. The lowest BCUT2D eigenvalue weighted by molar-refractivity contribution is -0.162. The molecule has 2 amide bonds. The van der Waals surface area contributed by atoms with Crippen molar-refractivity contribution in [2.75, 3.05) is 13.1 Å². The number of likely N-dealkylation sites (tertiary alicyclic amines) is 1. The number of hydrogen-bond donors (Lipinski definition) is 2. The quantitative estimate of drug-likeness (QED) is 0.602. The molecule has 4 rings (SSSR count). The predicted molar refractivity (Wildman–Crippen MR) is 114 cm³/mol. The maximum atomic E-state index is 13.8. The van der Waals surface area contributed by atoms with Crippen molar-refractivity contribution in [3.8, 4) is 11.4 Å². The lowest BCUT2D eigenvalue weighted by Gasteiger charge is -2.37. The highest BCUT2D eigenvalue weighted by Crippen LogP contribution is 2.40. The fraction of sp³-hybridized carbons (Fsp3) is 0.500. The number of amides is 2. The number of fused-ring (bicyclic) bond motifs is 1. The van der Waals surface area contributed by atoms with Gasteiger partial charge in [-0.15, -0.1) is 0 Å². The van der Waals surface area contributed by atoms with Gasteiger partial charge in [0.15, 0.2) is 12.1 Å². The van der Waals surface area contributed by atoms with Gasteiger partial charge in [0.2, 0.25) is 11.8 Å². The first-order chi connectivity index (χ1) is 16.5. The van der Waals surface area contributed by atoms with Crippen LogP contribution in [0, 0.1) is 0 Å². The summed E-state index contributed by atoms with van der Waals surface area (Å²) in [4.78, 5) is 39.1. The monoisotopic (exact) mass is 496 g/mol. The smallest absolute Gasteiger partial charge is 0.370 e. The number of aliphatic hydroxyl groups is 1. The Morgan fingerprint density at radius 2 is 2.00 bits per heavy atom. The molecular weight excluding hydrogens is 472 g/mol. The van der Waals surface area contributed by atoms with E-state index in [0.717, 1.165) is 16.0 Å². The predicted octanol–water partition coefficient (Wildman–Crippen LogP) is 1.52. The SMILES string of the molecule is N[C@H](CC(=O)N1Cc2nc(-c3ccncc3)ncc2C(C(F)(F)F)C1)CN1C(=O)CCC(F)C1O. The maximum Gasteiger partial charge on any atom is 0.397 e. The molecule has 1 saturated heterocycles. The van der Waals surface area contributed by atoms with Crippen LogP contribution < -0.4 is 5.73 Å². The molecule has 188 valence electrons. The standard InChI is InChI=1S/C22H24F4N6O3/c23-16-1-2-18(33)32(21(16)35)9-13(27)7-19(34)31-10-15(22(24,25)26)14-8-29-20(30-17(14)11-31)12-3-5-28-6-4-12/h3-6,8,13,15-16,21,35H,1-2,7,9-11,27H2/t13-,15?,16?,21?/m1/s1. The van der Waals surface area contributed by atoms with E-state index in [-0.39, 0.29) is 43.0 Å². The van der Waals surface area contributed by atoms with Crippen LogP contribution in [0.4, 0.5) is 17.6 Å². The Labute approximate surface area is 198 Å². The van der Waals surface area contributed by atoms with E-state index in [0.29, 0.717) is 5.56 Å². The summed E-state index contributed by atoms with van der Waals surface area (Å²) in [5, 5.41) is 9.93. The van der Waals surface area contributed by atoms with E-state index < -0.39 is 55.3 Å². The first-order valence-electron chi connectivity index (χ1n) is 11.0. The molecule has 4 atom stereocenters. The van der Waals surface area contributed by atoms with Gasteiger partial charge in [-0.05, 0) is 18.6 Å². The third-order valence-corrected chi connectivity index (χ3v) is 6.17. The Morgan fingerprint density at radius 1 is 1.29 bits per heavy atom. The Bertz CT molecular complexity index is 1090. The van der Waals surface area contributed by atoms with Crippen molar-refractivity contribution in [1.82, 2.24) is 24.8 Å². The topological polar surface area (TPSA) is 126 Å². The van der Waals surface area contributed by atoms with Crippen LogP contribution in [0.15, 0.2) is 30.7 Å². The van der Waals surface area contributed by atoms with Crippen LogP contribution >= 0.6 is 0 Å². The Morgan fingerprint density at radius 3 is 2.69 bits per heavy atom. The molecule has 9 nitrogen and oxygen atoms in total. The number of carbonyl (C=O) groups excluding carboxylic acids is 2. The summed E-state index contributed by atoms with van der Waals surface area (Å²) in [6, 6.07) is 2.23. The lowest BCUT2D eigenvalue weighted by Crippen LogP contribution is -2.54. The third-order valence-electron chi connectivity index (χ3n) is 6.17. The van der Waals surface area contributed by atoms with Gasteiger partial charge in [0.05, 0.1) is 12.2 Å². The minimum absolute atomic E-state index is 0.0733. The second-order valence-corrected chi connectivity index (χ2v) is 8.68. The van der Waals surface area contributed by atoms with Gasteiger partial charge in [0, 0.05) is 61.7 Å². The molecular formula is C22H24F4N6O3. The molecule has 3 unspecified atom stereocenters. The van der Waals surface area contributed by atoms with Crippen LogP contribution in [-0.2, 0) is 16.1 Å². The van der Waals surface area contributed by atoms with Gasteiger partial charge in [0.1, 0.15) is 12.1 Å². The molecule has 0 aromatic carbocycles. The summed E-state index contributed by atoms with van der Waals surface area (Å²) in [5.41, 5.74) is 6.51. The van der Waals surface area contributed by atoms with Crippen molar-refractivity contribution in [3.63, 3.8) is 0 Å². The van der Waals surface area contributed by atoms with Crippen LogP contribution in [0.25, 0.3) is 11.4 Å². The van der Waals surface area contributed by atoms with E-state index in [1.807, 2.05) is 0 Å². The van der Waals surface area contributed by atoms with Gasteiger partial charge in [-0.1, -0.05) is 0 Å². The van der Waals surface area contributed by atoms with Crippen LogP contribution in [0.5, 0.6) is 0 Å². The van der Waals surface area contributed by atoms with Crippen molar-refractivity contribution >= 4 is 11.8 Å². The summed E-state index contributed by atoms with van der Waals surface area (Å²) in [7, 11) is 0. The normalized spacial score (nSPS) is 23.7. The molecule has 4 heterocycles. The number of nitrogens with zero attached hydrogens (tertiary/aromatic N) is 5. The number of alkyl halides is 4. The molecule has 0 saturated carbocycles. The van der Waals surface area contributed by atoms with Gasteiger partial charge in [-0.3, -0.25) is 14.6 Å². The Kier molecular flexibility index (Phi) is 6.99. The molecule has 2 aromatic rings. The average Bonchev–Trinajstić information content (AvgIpc) is 2.83. The van der Waals surface area contributed by atoms with Crippen molar-refractivity contribution < 1.29 is 32.3 Å². The van der Waals surface area contributed by atoms with Crippen LogP contribution in [0.2, 0.25) is 0 Å². The minimum Gasteiger partial charge on any atom is -0.370 e. The van der Waals surface area contributed by atoms with Crippen molar-refractivity contribution in [3.05, 3.63) is 42.0 Å². The van der Waals surface area contributed by atoms with E-state index in [1.54, 1.807) is 12.1 Å². The number of piperidine rings is 1. The first-order valence-corrected chi connectivity index (χ1v) is 11.0. The fourth-order valence-corrected chi connectivity index (χ4v) is 4.30. The molecule has 3 N–H and O–H groups in total. The number of hydrogen-bond acceptors (Lipinski definition) is 7. The fourth-order valence-electron chi connectivity index (χ4n) is 4.30. The van der Waals surface area contributed by atoms with E-state index in [4.69, 9.17) is 5.73 Å². The number of pyridine rings is 1. The van der Waals surface area contributed by atoms with Gasteiger partial charge < -0.3 is 20.6 Å². The minimum atomic E-state index is -4.64. The molecule has 2 aromatic heterocycles. The summed E-state index contributed by atoms with van der Waals surface area (Å²) in [5.74, 6) is -2.94. The number of carbonyl (C=O) groups is 2. The summed E-state index contributed by atoms with van der Waals surface area (Å²) >= 11 is 0. The maximum absolute atomic E-state index is 13.8. The number of rotatable bonds is 5. The number of aromatic nitrogens is 3.